The number of hydrogen-bond acceptors (Lipinski definition) is 8. The first-order valence-electron chi connectivity index (χ1n) is 12.6. The Morgan fingerprint density at radius 3 is 2.24 bits per heavy atom. The van der Waals surface area contributed by atoms with Crippen molar-refractivity contribution in [1.29, 1.82) is 0 Å². The highest BCUT2D eigenvalue weighted by molar-refractivity contribution is 5.77. The summed E-state index contributed by atoms with van der Waals surface area (Å²) in [5.74, 6) is 0.360. The Labute approximate surface area is 213 Å². The lowest BCUT2D eigenvalue weighted by Gasteiger charge is -2.29. The van der Waals surface area contributed by atoms with Crippen LogP contribution in [0.15, 0.2) is 48.5 Å². The maximum absolute atomic E-state index is 14.0. The lowest BCUT2D eigenvalue weighted by Crippen LogP contribution is -2.37. The standard InChI is InChI=1S/C26H28F2N8O/c27-22(28)23-30-20-6-2-3-7-21(20)36(23)26-32-24(31-25(33-26)35-14-16-37-17-15-35)29-18-8-10-19(11-9-18)34-12-4-1-5-13-34/h2-3,6-11,22H,1,4-5,12-17H2,(H,29,31,32,33). The van der Waals surface area contributed by atoms with Crippen LogP contribution in [-0.4, -0.2) is 63.9 Å². The number of nitrogens with zero attached hydrogens (tertiary/aromatic N) is 7. The minimum atomic E-state index is -2.80. The van der Waals surface area contributed by atoms with Crippen LogP contribution >= 0.6 is 0 Å². The number of ether oxygens (including phenoxy) is 1. The van der Waals surface area contributed by atoms with Crippen LogP contribution < -0.4 is 15.1 Å². The Morgan fingerprint density at radius 2 is 1.49 bits per heavy atom. The van der Waals surface area contributed by atoms with Crippen LogP contribution in [0.1, 0.15) is 31.5 Å². The molecule has 0 atom stereocenters. The number of rotatable bonds is 6. The zero-order valence-corrected chi connectivity index (χ0v) is 20.4. The molecule has 1 N–H and O–H groups in total. The molecule has 2 aliphatic rings. The smallest absolute Gasteiger partial charge is 0.296 e. The van der Waals surface area contributed by atoms with Crippen molar-refractivity contribution in [3.8, 4) is 5.95 Å². The Hall–Kier alpha value is -3.86. The second-order valence-electron chi connectivity index (χ2n) is 9.17. The van der Waals surface area contributed by atoms with E-state index in [1.165, 1.54) is 29.5 Å². The first-order chi connectivity index (χ1) is 18.2. The second-order valence-corrected chi connectivity index (χ2v) is 9.17. The van der Waals surface area contributed by atoms with Gasteiger partial charge >= 0.3 is 0 Å². The second kappa shape index (κ2) is 10.3. The first-order valence-corrected chi connectivity index (χ1v) is 12.6. The highest BCUT2D eigenvalue weighted by atomic mass is 19.3. The van der Waals surface area contributed by atoms with E-state index in [0.717, 1.165) is 18.8 Å². The number of nitrogens with one attached hydrogen (secondary N) is 1. The van der Waals surface area contributed by atoms with E-state index in [1.54, 1.807) is 24.3 Å². The highest BCUT2D eigenvalue weighted by Crippen LogP contribution is 2.29. The molecule has 2 saturated heterocycles. The van der Waals surface area contributed by atoms with E-state index in [0.29, 0.717) is 43.3 Å². The molecule has 0 bridgehead atoms. The third-order valence-electron chi connectivity index (χ3n) is 6.73. The minimum Gasteiger partial charge on any atom is -0.378 e. The van der Waals surface area contributed by atoms with Crippen molar-refractivity contribution in [1.82, 2.24) is 24.5 Å². The normalized spacial score (nSPS) is 16.5. The topological polar surface area (TPSA) is 84.2 Å². The summed E-state index contributed by atoms with van der Waals surface area (Å²) in [6.07, 6.45) is 0.904. The molecule has 9 nitrogen and oxygen atoms in total. The predicted molar refractivity (Wildman–Crippen MR) is 138 cm³/mol. The highest BCUT2D eigenvalue weighted by Gasteiger charge is 2.24. The van der Waals surface area contributed by atoms with Gasteiger partial charge in [-0.15, -0.1) is 0 Å². The number of anilines is 4. The van der Waals surface area contributed by atoms with Crippen molar-refractivity contribution in [2.24, 2.45) is 0 Å². The maximum atomic E-state index is 14.0. The Morgan fingerprint density at radius 1 is 0.757 bits per heavy atom. The van der Waals surface area contributed by atoms with Crippen LogP contribution in [0.2, 0.25) is 0 Å². The van der Waals surface area contributed by atoms with E-state index >= 15 is 0 Å². The van der Waals surface area contributed by atoms with Crippen LogP contribution in [-0.2, 0) is 4.74 Å². The first kappa shape index (κ1) is 23.5. The van der Waals surface area contributed by atoms with Gasteiger partial charge in [-0.05, 0) is 55.7 Å². The summed E-state index contributed by atoms with van der Waals surface area (Å²) in [7, 11) is 0. The van der Waals surface area contributed by atoms with Crippen molar-refractivity contribution in [3.05, 3.63) is 54.4 Å². The molecule has 4 heterocycles. The third-order valence-corrected chi connectivity index (χ3v) is 6.73. The molecule has 4 aromatic rings. The van der Waals surface area contributed by atoms with Crippen LogP contribution in [0.4, 0.5) is 32.1 Å². The molecule has 2 aromatic carbocycles. The molecule has 0 saturated carbocycles. The molecular formula is C26H28F2N8O. The SMILES string of the molecule is FC(F)c1nc2ccccc2n1-c1nc(Nc2ccc(N3CCCCC3)cc2)nc(N2CCOCC2)n1. The fourth-order valence-corrected chi connectivity index (χ4v) is 4.85. The summed E-state index contributed by atoms with van der Waals surface area (Å²) in [6, 6.07) is 15.1. The van der Waals surface area contributed by atoms with Crippen LogP contribution in [0.25, 0.3) is 17.0 Å². The average Bonchev–Trinajstić information content (AvgIpc) is 3.35. The molecule has 2 aromatic heterocycles. The number of para-hydroxylation sites is 2. The van der Waals surface area contributed by atoms with E-state index in [4.69, 9.17) is 4.74 Å². The van der Waals surface area contributed by atoms with Gasteiger partial charge in [0, 0.05) is 37.6 Å². The van der Waals surface area contributed by atoms with E-state index in [-0.39, 0.29) is 11.9 Å². The van der Waals surface area contributed by atoms with Gasteiger partial charge in [-0.1, -0.05) is 12.1 Å². The molecule has 192 valence electrons. The number of aromatic nitrogens is 5. The minimum absolute atomic E-state index is 0.0907. The summed E-state index contributed by atoms with van der Waals surface area (Å²) in [4.78, 5) is 22.3. The summed E-state index contributed by atoms with van der Waals surface area (Å²) >= 11 is 0. The van der Waals surface area contributed by atoms with Gasteiger partial charge < -0.3 is 19.9 Å². The zero-order chi connectivity index (χ0) is 25.2. The molecule has 0 spiro atoms. The number of benzene rings is 2. The molecule has 37 heavy (non-hydrogen) atoms. The van der Waals surface area contributed by atoms with Gasteiger partial charge in [0.15, 0.2) is 5.82 Å². The van der Waals surface area contributed by atoms with Crippen molar-refractivity contribution in [2.45, 2.75) is 25.7 Å². The number of alkyl halides is 2. The van der Waals surface area contributed by atoms with E-state index in [9.17, 15) is 8.78 Å². The van der Waals surface area contributed by atoms with Gasteiger partial charge in [0.25, 0.3) is 6.43 Å². The number of piperidine rings is 1. The number of halogens is 2. The summed E-state index contributed by atoms with van der Waals surface area (Å²) in [6.45, 7) is 4.41. The number of hydrogen-bond donors (Lipinski definition) is 1. The zero-order valence-electron chi connectivity index (χ0n) is 20.4. The van der Waals surface area contributed by atoms with E-state index in [1.807, 2.05) is 17.0 Å². The van der Waals surface area contributed by atoms with Crippen molar-refractivity contribution >= 4 is 34.3 Å². The fourth-order valence-electron chi connectivity index (χ4n) is 4.85. The van der Waals surface area contributed by atoms with Gasteiger partial charge in [-0.2, -0.15) is 15.0 Å². The van der Waals surface area contributed by atoms with Crippen LogP contribution in [0.3, 0.4) is 0 Å². The quantitative estimate of drug-likeness (QED) is 0.402. The fraction of sp³-hybridized carbons (Fsp3) is 0.385. The van der Waals surface area contributed by atoms with Crippen molar-refractivity contribution in [3.63, 3.8) is 0 Å². The Bertz CT molecular complexity index is 1370. The summed E-state index contributed by atoms with van der Waals surface area (Å²) in [5.41, 5.74) is 2.94. The van der Waals surface area contributed by atoms with Gasteiger partial charge in [0.2, 0.25) is 17.8 Å². The molecular weight excluding hydrogens is 478 g/mol. The lowest BCUT2D eigenvalue weighted by atomic mass is 10.1. The molecule has 11 heteroatoms. The molecule has 6 rings (SSSR count). The lowest BCUT2D eigenvalue weighted by molar-refractivity contribution is 0.122. The van der Waals surface area contributed by atoms with Crippen LogP contribution in [0, 0.1) is 0 Å². The van der Waals surface area contributed by atoms with Gasteiger partial charge in [0.05, 0.1) is 24.2 Å². The number of morpholine rings is 1. The monoisotopic (exact) mass is 506 g/mol. The summed E-state index contributed by atoms with van der Waals surface area (Å²) in [5, 5.41) is 3.25. The van der Waals surface area contributed by atoms with E-state index in [2.05, 4.69) is 42.3 Å². The third kappa shape index (κ3) is 4.91. The molecule has 2 aliphatic heterocycles. The van der Waals surface area contributed by atoms with Crippen molar-refractivity contribution < 1.29 is 13.5 Å². The molecule has 2 fully saturated rings. The molecule has 0 amide bonds. The Balaban J connectivity index is 1.38. The molecule has 0 radical (unpaired) electrons. The number of fused-ring (bicyclic) bond motifs is 1. The van der Waals surface area contributed by atoms with Gasteiger partial charge in [-0.25, -0.2) is 13.8 Å². The maximum Gasteiger partial charge on any atom is 0.296 e. The van der Waals surface area contributed by atoms with Gasteiger partial charge in [-0.3, -0.25) is 4.57 Å². The Kier molecular flexibility index (Phi) is 6.52. The van der Waals surface area contributed by atoms with E-state index < -0.39 is 12.2 Å². The van der Waals surface area contributed by atoms with Crippen molar-refractivity contribution in [2.75, 3.05) is 54.5 Å². The van der Waals surface area contributed by atoms with Crippen LogP contribution in [0.5, 0.6) is 0 Å². The molecule has 0 unspecified atom stereocenters. The average molecular weight is 507 g/mol. The number of imidazole rings is 1. The predicted octanol–water partition coefficient (Wildman–Crippen LogP) is 4.72. The molecule has 0 aliphatic carbocycles. The summed E-state index contributed by atoms with van der Waals surface area (Å²) < 4.78 is 34.9. The van der Waals surface area contributed by atoms with Gasteiger partial charge in [0.1, 0.15) is 0 Å². The largest absolute Gasteiger partial charge is 0.378 e.